The lowest BCUT2D eigenvalue weighted by molar-refractivity contribution is 0.283. The molecule has 1 unspecified atom stereocenters. The monoisotopic (exact) mass is 238 g/mol. The molecular formula is C13H22N2S. The van der Waals surface area contributed by atoms with Crippen LogP contribution in [-0.2, 0) is 6.42 Å². The van der Waals surface area contributed by atoms with Gasteiger partial charge in [0.2, 0.25) is 0 Å². The van der Waals surface area contributed by atoms with Crippen LogP contribution in [0.25, 0.3) is 0 Å². The first kappa shape index (κ1) is 12.1. The fourth-order valence-electron chi connectivity index (χ4n) is 2.58. The fraction of sp³-hybridized carbons (Fsp3) is 0.769. The van der Waals surface area contributed by atoms with Crippen molar-refractivity contribution in [3.8, 4) is 0 Å². The van der Waals surface area contributed by atoms with Gasteiger partial charge in [0.05, 0.1) is 5.01 Å². The van der Waals surface area contributed by atoms with Crippen molar-refractivity contribution < 1.29 is 0 Å². The lowest BCUT2D eigenvalue weighted by atomic mass is 9.84. The predicted octanol–water partition coefficient (Wildman–Crippen LogP) is 3.24. The van der Waals surface area contributed by atoms with E-state index in [-0.39, 0.29) is 0 Å². The molecule has 1 saturated carbocycles. The molecule has 0 amide bonds. The van der Waals surface area contributed by atoms with Crippen LogP contribution in [0.1, 0.15) is 44.0 Å². The number of aromatic nitrogens is 1. The molecule has 0 bridgehead atoms. The Hall–Kier alpha value is -0.410. The minimum absolute atomic E-state index is 0.681. The van der Waals surface area contributed by atoms with E-state index in [9.17, 15) is 0 Å². The van der Waals surface area contributed by atoms with Crippen molar-refractivity contribution in [3.63, 3.8) is 0 Å². The molecular weight excluding hydrogens is 216 g/mol. The largest absolute Gasteiger partial charge is 0.314 e. The van der Waals surface area contributed by atoms with Gasteiger partial charge in [-0.3, -0.25) is 0 Å². The van der Waals surface area contributed by atoms with E-state index >= 15 is 0 Å². The lowest BCUT2D eigenvalue weighted by Crippen LogP contribution is -2.35. The van der Waals surface area contributed by atoms with Crippen molar-refractivity contribution in [1.82, 2.24) is 10.3 Å². The number of hydrogen-bond donors (Lipinski definition) is 1. The number of nitrogens with one attached hydrogen (secondary N) is 1. The molecule has 2 nitrogen and oxygen atoms in total. The predicted molar refractivity (Wildman–Crippen MR) is 69.9 cm³/mol. The van der Waals surface area contributed by atoms with Gasteiger partial charge in [0.1, 0.15) is 0 Å². The highest BCUT2D eigenvalue weighted by Gasteiger charge is 2.19. The Labute approximate surface area is 102 Å². The quantitative estimate of drug-likeness (QED) is 0.852. The number of rotatable bonds is 5. The van der Waals surface area contributed by atoms with Gasteiger partial charge in [-0.05, 0) is 25.7 Å². The summed E-state index contributed by atoms with van der Waals surface area (Å²) in [5.41, 5.74) is 0. The summed E-state index contributed by atoms with van der Waals surface area (Å²) in [4.78, 5) is 4.30. The first-order valence-corrected chi connectivity index (χ1v) is 7.36. The summed E-state index contributed by atoms with van der Waals surface area (Å²) in [5.74, 6) is 0.907. The maximum atomic E-state index is 4.30. The van der Waals surface area contributed by atoms with Gasteiger partial charge in [-0.15, -0.1) is 11.3 Å². The molecule has 0 spiro atoms. The Kier molecular flexibility index (Phi) is 4.79. The molecule has 1 N–H and O–H groups in total. The van der Waals surface area contributed by atoms with Crippen LogP contribution in [-0.4, -0.2) is 17.6 Å². The molecule has 90 valence electrons. The number of thiazole rings is 1. The Morgan fingerprint density at radius 2 is 2.25 bits per heavy atom. The van der Waals surface area contributed by atoms with Crippen LogP contribution >= 0.6 is 11.3 Å². The molecule has 0 aliphatic heterocycles. The summed E-state index contributed by atoms with van der Waals surface area (Å²) in [6, 6.07) is 0.681. The summed E-state index contributed by atoms with van der Waals surface area (Å²) in [7, 11) is 0. The molecule has 1 aliphatic carbocycles. The summed E-state index contributed by atoms with van der Waals surface area (Å²) >= 11 is 1.76. The second-order valence-corrected chi connectivity index (χ2v) is 5.80. The van der Waals surface area contributed by atoms with E-state index in [4.69, 9.17) is 0 Å². The molecule has 1 atom stereocenters. The molecule has 1 aliphatic rings. The molecule has 2 rings (SSSR count). The fourth-order valence-corrected chi connectivity index (χ4v) is 3.20. The van der Waals surface area contributed by atoms with Crippen LogP contribution in [0.15, 0.2) is 11.6 Å². The van der Waals surface area contributed by atoms with Crippen molar-refractivity contribution in [3.05, 3.63) is 16.6 Å². The molecule has 1 aromatic heterocycles. The molecule has 0 radical (unpaired) electrons. The van der Waals surface area contributed by atoms with Gasteiger partial charge in [-0.1, -0.05) is 19.3 Å². The molecule has 1 aromatic rings. The summed E-state index contributed by atoms with van der Waals surface area (Å²) in [6.45, 7) is 3.42. The third-order valence-electron chi connectivity index (χ3n) is 3.65. The highest BCUT2D eigenvalue weighted by molar-refractivity contribution is 7.09. The molecule has 1 heterocycles. The Bertz CT molecular complexity index is 278. The average Bonchev–Trinajstić information content (AvgIpc) is 2.83. The minimum atomic E-state index is 0.681. The highest BCUT2D eigenvalue weighted by Crippen LogP contribution is 2.26. The zero-order valence-corrected chi connectivity index (χ0v) is 10.9. The zero-order valence-electron chi connectivity index (χ0n) is 10.1. The Morgan fingerprint density at radius 3 is 2.94 bits per heavy atom. The van der Waals surface area contributed by atoms with Gasteiger partial charge in [-0.25, -0.2) is 4.98 Å². The molecule has 1 fully saturated rings. The summed E-state index contributed by atoms with van der Waals surface area (Å²) in [6.07, 6.45) is 10.1. The SMILES string of the molecule is CC(NCCc1nccs1)C1CCCCC1. The van der Waals surface area contributed by atoms with Crippen LogP contribution < -0.4 is 5.32 Å². The highest BCUT2D eigenvalue weighted by atomic mass is 32.1. The van der Waals surface area contributed by atoms with Crippen LogP contribution in [0.4, 0.5) is 0 Å². The number of nitrogens with zero attached hydrogens (tertiary/aromatic N) is 1. The first-order chi connectivity index (χ1) is 7.86. The smallest absolute Gasteiger partial charge is 0.0937 e. The second-order valence-electron chi connectivity index (χ2n) is 4.82. The maximum absolute atomic E-state index is 4.30. The van der Waals surface area contributed by atoms with Gasteiger partial charge >= 0.3 is 0 Å². The van der Waals surface area contributed by atoms with Crippen LogP contribution in [0.3, 0.4) is 0 Å². The van der Waals surface area contributed by atoms with Crippen LogP contribution in [0, 0.1) is 5.92 Å². The van der Waals surface area contributed by atoms with Crippen molar-refractivity contribution in [2.75, 3.05) is 6.54 Å². The summed E-state index contributed by atoms with van der Waals surface area (Å²) < 4.78 is 0. The van der Waals surface area contributed by atoms with Crippen LogP contribution in [0.5, 0.6) is 0 Å². The topological polar surface area (TPSA) is 24.9 Å². The van der Waals surface area contributed by atoms with E-state index in [1.54, 1.807) is 11.3 Å². The van der Waals surface area contributed by atoms with Gasteiger partial charge < -0.3 is 5.32 Å². The molecule has 16 heavy (non-hydrogen) atoms. The van der Waals surface area contributed by atoms with Gasteiger partial charge in [-0.2, -0.15) is 0 Å². The Morgan fingerprint density at radius 1 is 1.44 bits per heavy atom. The molecule has 0 saturated heterocycles. The minimum Gasteiger partial charge on any atom is -0.314 e. The van der Waals surface area contributed by atoms with Crippen molar-refractivity contribution in [2.24, 2.45) is 5.92 Å². The van der Waals surface area contributed by atoms with Gasteiger partial charge in [0.15, 0.2) is 0 Å². The normalized spacial score (nSPS) is 19.8. The van der Waals surface area contributed by atoms with E-state index in [1.807, 2.05) is 6.20 Å². The summed E-state index contributed by atoms with van der Waals surface area (Å²) in [5, 5.41) is 6.97. The molecule has 0 aromatic carbocycles. The van der Waals surface area contributed by atoms with Crippen LogP contribution in [0.2, 0.25) is 0 Å². The number of hydrogen-bond acceptors (Lipinski definition) is 3. The first-order valence-electron chi connectivity index (χ1n) is 6.48. The lowest BCUT2D eigenvalue weighted by Gasteiger charge is -2.28. The zero-order chi connectivity index (χ0) is 11.2. The average molecular weight is 238 g/mol. The van der Waals surface area contributed by atoms with E-state index < -0.39 is 0 Å². The standard InChI is InChI=1S/C13H22N2S/c1-11(12-5-3-2-4-6-12)14-8-7-13-15-9-10-16-13/h9-12,14H,2-8H2,1H3. The van der Waals surface area contributed by atoms with E-state index in [0.717, 1.165) is 18.9 Å². The van der Waals surface area contributed by atoms with Crippen molar-refractivity contribution in [2.45, 2.75) is 51.5 Å². The third-order valence-corrected chi connectivity index (χ3v) is 4.48. The second kappa shape index (κ2) is 6.36. The van der Waals surface area contributed by atoms with E-state index in [2.05, 4.69) is 22.6 Å². The van der Waals surface area contributed by atoms with Crippen molar-refractivity contribution in [1.29, 1.82) is 0 Å². The Balaban J connectivity index is 1.65. The maximum Gasteiger partial charge on any atom is 0.0937 e. The van der Waals surface area contributed by atoms with E-state index in [0.29, 0.717) is 6.04 Å². The van der Waals surface area contributed by atoms with E-state index in [1.165, 1.54) is 37.1 Å². The van der Waals surface area contributed by atoms with Gasteiger partial charge in [0.25, 0.3) is 0 Å². The van der Waals surface area contributed by atoms with Crippen molar-refractivity contribution >= 4 is 11.3 Å². The third kappa shape index (κ3) is 3.56. The van der Waals surface area contributed by atoms with Gasteiger partial charge in [0, 0.05) is 30.6 Å². The molecule has 3 heteroatoms.